The third-order valence-corrected chi connectivity index (χ3v) is 2.70. The largest absolute Gasteiger partial charge is 0.370 e. The van der Waals surface area contributed by atoms with Gasteiger partial charge in [0, 0.05) is 19.6 Å². The average Bonchev–Trinajstić information content (AvgIpc) is 2.33. The van der Waals surface area contributed by atoms with Crippen molar-refractivity contribution in [3.8, 4) is 0 Å². The van der Waals surface area contributed by atoms with Gasteiger partial charge < -0.3 is 10.6 Å². The summed E-state index contributed by atoms with van der Waals surface area (Å²) in [5.74, 6) is 0.357. The monoisotopic (exact) mass is 237 g/mol. The first-order valence-corrected chi connectivity index (χ1v) is 5.97. The van der Waals surface area contributed by atoms with E-state index >= 15 is 0 Å². The van der Waals surface area contributed by atoms with Crippen LogP contribution in [0.4, 0.5) is 4.39 Å². The number of hydrogen-bond acceptors (Lipinski definition) is 1. The second-order valence-electron chi connectivity index (χ2n) is 3.75. The van der Waals surface area contributed by atoms with Crippen molar-refractivity contribution in [2.24, 2.45) is 10.7 Å². The van der Waals surface area contributed by atoms with E-state index in [4.69, 9.17) is 5.73 Å². The summed E-state index contributed by atoms with van der Waals surface area (Å²) in [4.78, 5) is 6.23. The molecule has 2 N–H and O–H groups in total. The second kappa shape index (κ2) is 6.89. The Labute approximate surface area is 102 Å². The summed E-state index contributed by atoms with van der Waals surface area (Å²) in [5, 5.41) is 0. The second-order valence-corrected chi connectivity index (χ2v) is 3.75. The number of halogens is 1. The normalized spacial score (nSPS) is 11.6. The number of aliphatic imine (C=N–C) groups is 1. The van der Waals surface area contributed by atoms with Crippen LogP contribution >= 0.6 is 0 Å². The fraction of sp³-hybridized carbons (Fsp3) is 0.462. The molecule has 0 amide bonds. The van der Waals surface area contributed by atoms with Gasteiger partial charge in [-0.2, -0.15) is 0 Å². The van der Waals surface area contributed by atoms with Crippen LogP contribution in [0.1, 0.15) is 19.4 Å². The fourth-order valence-electron chi connectivity index (χ4n) is 1.64. The third kappa shape index (κ3) is 4.06. The van der Waals surface area contributed by atoms with E-state index in [-0.39, 0.29) is 5.82 Å². The van der Waals surface area contributed by atoms with Crippen LogP contribution in [0.25, 0.3) is 0 Å². The van der Waals surface area contributed by atoms with Crippen molar-refractivity contribution < 1.29 is 4.39 Å². The van der Waals surface area contributed by atoms with E-state index in [0.717, 1.165) is 13.1 Å². The van der Waals surface area contributed by atoms with E-state index in [9.17, 15) is 4.39 Å². The molecule has 0 spiro atoms. The summed E-state index contributed by atoms with van der Waals surface area (Å²) in [6.45, 7) is 6.26. The highest BCUT2D eigenvalue weighted by Crippen LogP contribution is 2.06. The molecule has 0 heterocycles. The van der Waals surface area contributed by atoms with E-state index < -0.39 is 0 Å². The molecular weight excluding hydrogens is 217 g/mol. The van der Waals surface area contributed by atoms with Crippen LogP contribution in [0.15, 0.2) is 29.3 Å². The molecule has 0 atom stereocenters. The molecule has 0 saturated heterocycles. The van der Waals surface area contributed by atoms with Gasteiger partial charge in [-0.1, -0.05) is 18.2 Å². The van der Waals surface area contributed by atoms with Crippen LogP contribution in [0.5, 0.6) is 0 Å². The van der Waals surface area contributed by atoms with Gasteiger partial charge in [0.15, 0.2) is 5.96 Å². The van der Waals surface area contributed by atoms with Gasteiger partial charge in [-0.05, 0) is 31.9 Å². The Hall–Kier alpha value is -1.58. The molecule has 0 aromatic heterocycles. The predicted octanol–water partition coefficient (Wildman–Crippen LogP) is 2.02. The molecule has 1 aromatic carbocycles. The maximum absolute atomic E-state index is 13.3. The van der Waals surface area contributed by atoms with Crippen molar-refractivity contribution in [2.45, 2.75) is 20.3 Å². The minimum absolute atomic E-state index is 0.177. The number of rotatable bonds is 5. The summed E-state index contributed by atoms with van der Waals surface area (Å²) >= 11 is 0. The van der Waals surface area contributed by atoms with Crippen molar-refractivity contribution in [1.29, 1.82) is 0 Å². The zero-order chi connectivity index (χ0) is 12.7. The van der Waals surface area contributed by atoms with Gasteiger partial charge >= 0.3 is 0 Å². The Morgan fingerprint density at radius 1 is 1.29 bits per heavy atom. The van der Waals surface area contributed by atoms with Crippen LogP contribution in [0.2, 0.25) is 0 Å². The van der Waals surface area contributed by atoms with E-state index in [0.29, 0.717) is 24.5 Å². The van der Waals surface area contributed by atoms with Crippen LogP contribution in [-0.2, 0) is 6.42 Å². The van der Waals surface area contributed by atoms with Gasteiger partial charge in [0.2, 0.25) is 0 Å². The first kappa shape index (κ1) is 13.5. The summed E-state index contributed by atoms with van der Waals surface area (Å²) < 4.78 is 13.3. The van der Waals surface area contributed by atoms with Crippen LogP contribution in [0.3, 0.4) is 0 Å². The zero-order valence-corrected chi connectivity index (χ0v) is 10.5. The van der Waals surface area contributed by atoms with E-state index in [1.165, 1.54) is 6.07 Å². The van der Waals surface area contributed by atoms with Crippen molar-refractivity contribution >= 4 is 5.96 Å². The molecule has 17 heavy (non-hydrogen) atoms. The van der Waals surface area contributed by atoms with Gasteiger partial charge in [-0.3, -0.25) is 4.99 Å². The molecule has 0 saturated carbocycles. The van der Waals surface area contributed by atoms with Crippen LogP contribution in [-0.4, -0.2) is 30.5 Å². The number of benzene rings is 1. The molecule has 1 aromatic rings. The Balaban J connectivity index is 2.52. The lowest BCUT2D eigenvalue weighted by atomic mass is 10.1. The standard InChI is InChI=1S/C13H20FN3/c1-3-17(4-2)13(15)16-10-9-11-7-5-6-8-12(11)14/h5-8H,3-4,9-10H2,1-2H3,(H2,15,16). The molecule has 4 heteroatoms. The number of nitrogens with two attached hydrogens (primary N) is 1. The van der Waals surface area contributed by atoms with Gasteiger partial charge in [0.1, 0.15) is 5.82 Å². The summed E-state index contributed by atoms with van der Waals surface area (Å²) in [7, 11) is 0. The van der Waals surface area contributed by atoms with E-state index in [1.54, 1.807) is 12.1 Å². The zero-order valence-electron chi connectivity index (χ0n) is 10.5. The summed E-state index contributed by atoms with van der Waals surface area (Å²) in [6, 6.07) is 6.76. The van der Waals surface area contributed by atoms with Crippen molar-refractivity contribution in [3.63, 3.8) is 0 Å². The summed E-state index contributed by atoms with van der Waals surface area (Å²) in [5.41, 5.74) is 6.51. The number of nitrogens with zero attached hydrogens (tertiary/aromatic N) is 2. The van der Waals surface area contributed by atoms with Crippen molar-refractivity contribution in [1.82, 2.24) is 4.90 Å². The molecule has 94 valence electrons. The number of hydrogen-bond donors (Lipinski definition) is 1. The Morgan fingerprint density at radius 2 is 1.94 bits per heavy atom. The Bertz CT molecular complexity index is 373. The van der Waals surface area contributed by atoms with Gasteiger partial charge in [-0.15, -0.1) is 0 Å². The molecular formula is C13H20FN3. The van der Waals surface area contributed by atoms with Gasteiger partial charge in [0.25, 0.3) is 0 Å². The highest BCUT2D eigenvalue weighted by atomic mass is 19.1. The SMILES string of the molecule is CCN(CC)C(N)=NCCc1ccccc1F. The Kier molecular flexibility index (Phi) is 5.46. The average molecular weight is 237 g/mol. The van der Waals surface area contributed by atoms with E-state index in [2.05, 4.69) is 4.99 Å². The van der Waals surface area contributed by atoms with Crippen molar-refractivity contribution in [2.75, 3.05) is 19.6 Å². The van der Waals surface area contributed by atoms with Gasteiger partial charge in [0.05, 0.1) is 0 Å². The lowest BCUT2D eigenvalue weighted by Crippen LogP contribution is -2.37. The molecule has 3 nitrogen and oxygen atoms in total. The first-order chi connectivity index (χ1) is 8.19. The highest BCUT2D eigenvalue weighted by Gasteiger charge is 2.02. The van der Waals surface area contributed by atoms with Gasteiger partial charge in [-0.25, -0.2) is 4.39 Å². The third-order valence-electron chi connectivity index (χ3n) is 2.70. The maximum atomic E-state index is 13.3. The minimum atomic E-state index is -0.177. The predicted molar refractivity (Wildman–Crippen MR) is 69.5 cm³/mol. The topological polar surface area (TPSA) is 41.6 Å². The molecule has 0 aliphatic heterocycles. The molecule has 0 aliphatic rings. The van der Waals surface area contributed by atoms with Crippen LogP contribution < -0.4 is 5.73 Å². The maximum Gasteiger partial charge on any atom is 0.191 e. The van der Waals surface area contributed by atoms with E-state index in [1.807, 2.05) is 24.8 Å². The molecule has 0 bridgehead atoms. The lowest BCUT2D eigenvalue weighted by molar-refractivity contribution is 0.458. The lowest BCUT2D eigenvalue weighted by Gasteiger charge is -2.19. The summed E-state index contributed by atoms with van der Waals surface area (Å²) in [6.07, 6.45) is 0.578. The Morgan fingerprint density at radius 3 is 2.53 bits per heavy atom. The minimum Gasteiger partial charge on any atom is -0.370 e. The molecule has 0 radical (unpaired) electrons. The number of guanidine groups is 1. The highest BCUT2D eigenvalue weighted by molar-refractivity contribution is 5.77. The fourth-order valence-corrected chi connectivity index (χ4v) is 1.64. The first-order valence-electron chi connectivity index (χ1n) is 5.97. The molecule has 0 fully saturated rings. The molecule has 1 rings (SSSR count). The smallest absolute Gasteiger partial charge is 0.191 e. The molecule has 0 aliphatic carbocycles. The quantitative estimate of drug-likeness (QED) is 0.629. The van der Waals surface area contributed by atoms with Crippen LogP contribution in [0, 0.1) is 5.82 Å². The van der Waals surface area contributed by atoms with Crippen molar-refractivity contribution in [3.05, 3.63) is 35.6 Å². The molecule has 0 unspecified atom stereocenters.